The van der Waals surface area contributed by atoms with Crippen LogP contribution in [-0.4, -0.2) is 167 Å². The zero-order chi connectivity index (χ0) is 36.4. The molecule has 0 aliphatic carbocycles. The molecule has 0 spiro atoms. The molecule has 260 valence electrons. The van der Waals surface area contributed by atoms with E-state index >= 15 is 0 Å². The summed E-state index contributed by atoms with van der Waals surface area (Å²) in [5, 5.41) is 1.92. The third kappa shape index (κ3) is 17.0. The van der Waals surface area contributed by atoms with Crippen LogP contribution in [0.2, 0.25) is 0 Å². The summed E-state index contributed by atoms with van der Waals surface area (Å²) in [7, 11) is 14.1. The number of amides is 7. The molecule has 0 aliphatic heterocycles. The molecule has 0 radical (unpaired) electrons. The van der Waals surface area contributed by atoms with Crippen LogP contribution in [0.4, 0.5) is 19.2 Å². The van der Waals surface area contributed by atoms with Crippen LogP contribution in [0.25, 0.3) is 0 Å². The molecule has 0 aromatic heterocycles. The number of carbonyl (C=O) groups excluding carboxylic acids is 8. The molecule has 0 saturated carbocycles. The second-order valence-corrected chi connectivity index (χ2v) is 9.83. The number of halogens is 1. The van der Waals surface area contributed by atoms with Crippen molar-refractivity contribution in [3.63, 3.8) is 0 Å². The van der Waals surface area contributed by atoms with E-state index in [4.69, 9.17) is 21.1 Å². The number of nitrogens with zero attached hydrogens (tertiary/aromatic N) is 5. The summed E-state index contributed by atoms with van der Waals surface area (Å²) < 4.78 is 18.5. The van der Waals surface area contributed by atoms with E-state index < -0.39 is 71.6 Å². The van der Waals surface area contributed by atoms with Gasteiger partial charge < -0.3 is 39.0 Å². The third-order valence-electron chi connectivity index (χ3n) is 5.55. The third-order valence-corrected chi connectivity index (χ3v) is 5.81. The van der Waals surface area contributed by atoms with Crippen molar-refractivity contribution in [3.8, 4) is 0 Å². The first kappa shape index (κ1) is 45.2. The summed E-state index contributed by atoms with van der Waals surface area (Å²) in [5.74, 6) is -2.51. The lowest BCUT2D eigenvalue weighted by Gasteiger charge is -2.29. The number of hydrogen-bond donors (Lipinski definition) is 1. The number of rotatable bonds is 8. The maximum Gasteiger partial charge on any atom is 0.346 e. The van der Waals surface area contributed by atoms with E-state index in [0.29, 0.717) is 0 Å². The van der Waals surface area contributed by atoms with Crippen molar-refractivity contribution in [1.82, 2.24) is 29.8 Å². The lowest BCUT2D eigenvalue weighted by atomic mass is 10.3. The molecule has 0 heterocycles. The largest absolute Gasteiger partial charge is 0.466 e. The predicted octanol–water partition coefficient (Wildman–Crippen LogP) is 0.802. The molecule has 0 fully saturated rings. The number of imide groups is 2. The Morgan fingerprint density at radius 1 is 0.578 bits per heavy atom. The van der Waals surface area contributed by atoms with Gasteiger partial charge in [0.25, 0.3) is 0 Å². The predicted molar refractivity (Wildman–Crippen MR) is 161 cm³/mol. The SMILES string of the molecule is CN(C)C(=O)N(C)C(=O)Cl.CNC(C)C(=O)OC(C)C(=O)OC.COC(=O)C(C)OC(=O)C(C)N(C)C(=O)N(C)C(=O)N(C)C. The average molecular weight is 671 g/mol. The number of likely N-dealkylation sites (N-methyl/N-ethyl adjacent to an activating group) is 2. The number of carbonyl (C=O) groups is 8. The summed E-state index contributed by atoms with van der Waals surface area (Å²) in [4.78, 5) is 95.3. The molecular weight excluding hydrogens is 624 g/mol. The molecule has 19 heteroatoms. The van der Waals surface area contributed by atoms with E-state index in [1.807, 2.05) is 0 Å². The Balaban J connectivity index is -0.000000649. The minimum absolute atomic E-state index is 0.424. The van der Waals surface area contributed by atoms with Gasteiger partial charge in [-0.05, 0) is 46.3 Å². The maximum absolute atomic E-state index is 12.1. The quantitative estimate of drug-likeness (QED) is 0.165. The Bertz CT molecular complexity index is 1040. The molecule has 4 atom stereocenters. The molecule has 4 unspecified atom stereocenters. The molecule has 0 rings (SSSR count). The number of urea groups is 3. The molecule has 1 N–H and O–H groups in total. The monoisotopic (exact) mass is 670 g/mol. The lowest BCUT2D eigenvalue weighted by molar-refractivity contribution is -0.167. The van der Waals surface area contributed by atoms with Crippen LogP contribution < -0.4 is 5.32 Å². The van der Waals surface area contributed by atoms with Crippen LogP contribution in [-0.2, 0) is 38.1 Å². The summed E-state index contributed by atoms with van der Waals surface area (Å²) >= 11 is 5.01. The molecular formula is C26H47ClN6O12. The lowest BCUT2D eigenvalue weighted by Crippen LogP contribution is -2.51. The van der Waals surface area contributed by atoms with Crippen LogP contribution in [0.15, 0.2) is 0 Å². The Hall–Kier alpha value is -4.19. The Labute approximate surface area is 268 Å². The van der Waals surface area contributed by atoms with E-state index in [-0.39, 0.29) is 0 Å². The van der Waals surface area contributed by atoms with Gasteiger partial charge in [-0.25, -0.2) is 33.7 Å². The second-order valence-electron chi connectivity index (χ2n) is 9.51. The molecule has 0 aromatic carbocycles. The molecule has 45 heavy (non-hydrogen) atoms. The Morgan fingerprint density at radius 3 is 1.22 bits per heavy atom. The van der Waals surface area contributed by atoms with E-state index in [0.717, 1.165) is 14.7 Å². The van der Waals surface area contributed by atoms with Crippen LogP contribution in [0, 0.1) is 0 Å². The molecule has 18 nitrogen and oxygen atoms in total. The van der Waals surface area contributed by atoms with Gasteiger partial charge in [0.05, 0.1) is 14.2 Å². The highest BCUT2D eigenvalue weighted by atomic mass is 35.5. The second kappa shape index (κ2) is 22.3. The van der Waals surface area contributed by atoms with E-state index in [1.165, 1.54) is 80.0 Å². The van der Waals surface area contributed by atoms with Crippen molar-refractivity contribution in [2.24, 2.45) is 0 Å². The summed E-state index contributed by atoms with van der Waals surface area (Å²) in [6, 6.07) is -3.03. The van der Waals surface area contributed by atoms with Crippen LogP contribution in [0.3, 0.4) is 0 Å². The highest BCUT2D eigenvalue weighted by molar-refractivity contribution is 6.63. The maximum atomic E-state index is 12.1. The van der Waals surface area contributed by atoms with Gasteiger partial charge in [-0.15, -0.1) is 0 Å². The zero-order valence-electron chi connectivity index (χ0n) is 28.3. The fourth-order valence-electron chi connectivity index (χ4n) is 2.41. The Kier molecular flexibility index (Phi) is 22.5. The van der Waals surface area contributed by atoms with Gasteiger partial charge in [-0.2, -0.15) is 0 Å². The summed E-state index contributed by atoms with van der Waals surface area (Å²) in [6.07, 6.45) is -1.93. The number of hydrogen-bond acceptors (Lipinski definition) is 13. The number of nitrogens with one attached hydrogen (secondary N) is 1. The van der Waals surface area contributed by atoms with Crippen LogP contribution in [0.5, 0.6) is 0 Å². The van der Waals surface area contributed by atoms with Gasteiger partial charge >= 0.3 is 47.3 Å². The minimum atomic E-state index is -1.08. The first-order valence-electron chi connectivity index (χ1n) is 13.1. The van der Waals surface area contributed by atoms with Crippen molar-refractivity contribution in [2.45, 2.75) is 52.0 Å². The van der Waals surface area contributed by atoms with Gasteiger partial charge in [-0.3, -0.25) is 14.5 Å². The summed E-state index contributed by atoms with van der Waals surface area (Å²) in [6.45, 7) is 5.90. The molecule has 0 bridgehead atoms. The number of methoxy groups -OCH3 is 2. The van der Waals surface area contributed by atoms with Crippen molar-refractivity contribution in [1.29, 1.82) is 0 Å². The van der Waals surface area contributed by atoms with Gasteiger partial charge in [0, 0.05) is 49.3 Å². The van der Waals surface area contributed by atoms with E-state index in [9.17, 15) is 38.4 Å². The fourth-order valence-corrected chi connectivity index (χ4v) is 2.48. The first-order chi connectivity index (χ1) is 20.5. The topological polar surface area (TPSA) is 202 Å². The molecule has 0 aliphatic rings. The number of ether oxygens (including phenoxy) is 4. The highest BCUT2D eigenvalue weighted by Crippen LogP contribution is 2.07. The Morgan fingerprint density at radius 2 is 0.933 bits per heavy atom. The van der Waals surface area contributed by atoms with E-state index in [1.54, 1.807) is 28.1 Å². The average Bonchev–Trinajstić information content (AvgIpc) is 3.00. The first-order valence-corrected chi connectivity index (χ1v) is 13.5. The van der Waals surface area contributed by atoms with Crippen molar-refractivity contribution in [3.05, 3.63) is 0 Å². The van der Waals surface area contributed by atoms with Gasteiger partial charge in [0.2, 0.25) is 0 Å². The molecule has 7 amide bonds. The molecule has 0 saturated heterocycles. The van der Waals surface area contributed by atoms with Crippen LogP contribution in [0.1, 0.15) is 27.7 Å². The minimum Gasteiger partial charge on any atom is -0.466 e. The van der Waals surface area contributed by atoms with Gasteiger partial charge in [0.15, 0.2) is 12.2 Å². The van der Waals surface area contributed by atoms with Crippen molar-refractivity contribution >= 4 is 58.9 Å². The standard InChI is InChI=1S/C13H23N3O6.C8H15NO4.C5H9ClN2O2/c1-8(10(17)22-9(2)11(18)21-7)15(5)13(20)16(6)12(19)14(3)4;1-5(9-3)7(10)13-6(2)8(11)12-4;1-7(2)5(10)8(3)4(6)9/h8-9H,1-7H3;5-6,9H,1-4H3;1-3H3. The van der Waals surface area contributed by atoms with Crippen molar-refractivity contribution in [2.75, 3.05) is 70.6 Å². The number of esters is 4. The van der Waals surface area contributed by atoms with Gasteiger partial charge in [-0.1, -0.05) is 0 Å². The smallest absolute Gasteiger partial charge is 0.346 e. The van der Waals surface area contributed by atoms with Crippen LogP contribution >= 0.6 is 11.6 Å². The summed E-state index contributed by atoms with van der Waals surface area (Å²) in [5.41, 5.74) is 0. The normalized spacial score (nSPS) is 12.3. The fraction of sp³-hybridized carbons (Fsp3) is 0.692. The van der Waals surface area contributed by atoms with Crippen molar-refractivity contribution < 1.29 is 57.3 Å². The molecule has 0 aromatic rings. The highest BCUT2D eigenvalue weighted by Gasteiger charge is 2.31. The van der Waals surface area contributed by atoms with E-state index in [2.05, 4.69) is 14.8 Å². The van der Waals surface area contributed by atoms with Gasteiger partial charge in [0.1, 0.15) is 12.1 Å². The zero-order valence-corrected chi connectivity index (χ0v) is 29.1.